The molecule has 340 valence electrons. The molecule has 3 atom stereocenters. The Morgan fingerprint density at radius 3 is 1.66 bits per heavy atom. The maximum Gasteiger partial charge on any atom is 0.337 e. The molecular formula is C46H42Cl2F4O10S2. The Kier molecular flexibility index (Phi) is 15.4. The molecule has 64 heavy (non-hydrogen) atoms. The summed E-state index contributed by atoms with van der Waals surface area (Å²) in [5.41, 5.74) is -2.77. The standard InChI is InChI=1S/2C23H21ClF2O5S/c1-3-12-31-21-10-11-23(14-18(21)22(27)30-2,19-13-16(25)6-9-20(19)26)32(28,29)17-7-4-15(24)5-8-17;1-3-11-22(21(28)31-2)14-23(12-10-20(22)27,18-13-16(25)6-9-19(18)26)32(29,30)17-7-4-15(24)5-8-17/h2*3-9,13H,1,10-12,14H2,2H3. The number of sulfone groups is 2. The second-order valence-corrected chi connectivity index (χ2v) is 20.4. The topological polar surface area (TPSA) is 147 Å². The first kappa shape index (κ1) is 49.7. The molecule has 0 amide bonds. The van der Waals surface area contributed by atoms with E-state index in [0.29, 0.717) is 5.02 Å². The number of allylic oxidation sites excluding steroid dienone is 2. The predicted octanol–water partition coefficient (Wildman–Crippen LogP) is 9.88. The van der Waals surface area contributed by atoms with Crippen LogP contribution < -0.4 is 0 Å². The molecule has 2 aliphatic rings. The van der Waals surface area contributed by atoms with Crippen molar-refractivity contribution in [2.45, 2.75) is 64.2 Å². The highest BCUT2D eigenvalue weighted by molar-refractivity contribution is 7.92. The van der Waals surface area contributed by atoms with Gasteiger partial charge in [0, 0.05) is 40.4 Å². The van der Waals surface area contributed by atoms with Gasteiger partial charge < -0.3 is 14.2 Å². The largest absolute Gasteiger partial charge is 0.493 e. The third-order valence-corrected chi connectivity index (χ3v) is 16.9. The molecule has 4 aromatic rings. The quantitative estimate of drug-likeness (QED) is 0.0549. The molecular weight excluding hydrogens is 924 g/mol. The molecule has 3 unspecified atom stereocenters. The minimum absolute atomic E-state index is 0.0129. The van der Waals surface area contributed by atoms with E-state index >= 15 is 4.39 Å². The van der Waals surface area contributed by atoms with Gasteiger partial charge in [-0.3, -0.25) is 9.59 Å². The number of methoxy groups -OCH3 is 2. The number of Topliss-reactive ketones (excluding diaryl/α,β-unsaturated/α-hetero) is 1. The summed E-state index contributed by atoms with van der Waals surface area (Å²) in [5.74, 6) is -5.58. The van der Waals surface area contributed by atoms with Gasteiger partial charge in [0.2, 0.25) is 0 Å². The number of ether oxygens (including phenoxy) is 3. The van der Waals surface area contributed by atoms with Crippen molar-refractivity contribution in [3.8, 4) is 0 Å². The van der Waals surface area contributed by atoms with Crippen LogP contribution in [0.1, 0.15) is 56.1 Å². The van der Waals surface area contributed by atoms with Gasteiger partial charge in [0.1, 0.15) is 50.5 Å². The molecule has 4 aromatic carbocycles. The van der Waals surface area contributed by atoms with Gasteiger partial charge in [-0.05, 0) is 111 Å². The van der Waals surface area contributed by atoms with Crippen LogP contribution in [0.4, 0.5) is 17.6 Å². The molecule has 0 aromatic heterocycles. The average Bonchev–Trinajstić information content (AvgIpc) is 3.28. The zero-order chi connectivity index (χ0) is 47.3. The Morgan fingerprint density at radius 1 is 0.703 bits per heavy atom. The molecule has 0 bridgehead atoms. The van der Waals surface area contributed by atoms with E-state index in [-0.39, 0.29) is 70.4 Å². The number of ketones is 1. The molecule has 0 N–H and O–H groups in total. The Balaban J connectivity index is 0.000000241. The highest BCUT2D eigenvalue weighted by atomic mass is 35.5. The fourth-order valence-corrected chi connectivity index (χ4v) is 12.8. The lowest BCUT2D eigenvalue weighted by atomic mass is 9.64. The molecule has 0 heterocycles. The maximum absolute atomic E-state index is 15.1. The van der Waals surface area contributed by atoms with E-state index in [1.54, 1.807) is 0 Å². The number of esters is 2. The molecule has 18 heteroatoms. The summed E-state index contributed by atoms with van der Waals surface area (Å²) in [6.07, 6.45) is 0.626. The van der Waals surface area contributed by atoms with Crippen LogP contribution in [0.5, 0.6) is 0 Å². The van der Waals surface area contributed by atoms with Crippen LogP contribution in [-0.2, 0) is 57.8 Å². The first-order valence-electron chi connectivity index (χ1n) is 19.4. The first-order chi connectivity index (χ1) is 30.2. The Bertz CT molecular complexity index is 2720. The Labute approximate surface area is 378 Å². The SMILES string of the molecule is C=CCC1(C(=O)OC)CC(c2cc(F)ccc2F)(S(=O)(=O)c2ccc(Cl)cc2)CCC1=O.C=CCOC1=C(C(=O)OC)CC(c2cc(F)ccc2F)(S(=O)(=O)c2ccc(Cl)cc2)CC1. The monoisotopic (exact) mass is 964 g/mol. The maximum atomic E-state index is 15.1. The van der Waals surface area contributed by atoms with Crippen LogP contribution in [0.15, 0.2) is 131 Å². The van der Waals surface area contributed by atoms with Crippen molar-refractivity contribution in [3.63, 3.8) is 0 Å². The van der Waals surface area contributed by atoms with Gasteiger partial charge in [0.25, 0.3) is 0 Å². The molecule has 1 saturated carbocycles. The van der Waals surface area contributed by atoms with Gasteiger partial charge in [0.05, 0.1) is 29.6 Å². The van der Waals surface area contributed by atoms with Gasteiger partial charge in [-0.15, -0.1) is 6.58 Å². The van der Waals surface area contributed by atoms with E-state index < -0.39 is 94.0 Å². The summed E-state index contributed by atoms with van der Waals surface area (Å²) in [5, 5.41) is 0.596. The summed E-state index contributed by atoms with van der Waals surface area (Å²) in [6.45, 7) is 7.22. The highest BCUT2D eigenvalue weighted by Gasteiger charge is 2.61. The van der Waals surface area contributed by atoms with Gasteiger partial charge in [0.15, 0.2) is 25.5 Å². The smallest absolute Gasteiger partial charge is 0.337 e. The van der Waals surface area contributed by atoms with Gasteiger partial charge in [-0.2, -0.15) is 0 Å². The van der Waals surface area contributed by atoms with Crippen molar-refractivity contribution in [1.82, 2.24) is 0 Å². The van der Waals surface area contributed by atoms with Gasteiger partial charge >= 0.3 is 11.9 Å². The zero-order valence-corrected chi connectivity index (χ0v) is 37.6. The third kappa shape index (κ3) is 9.28. The number of hydrogen-bond acceptors (Lipinski definition) is 10. The van der Waals surface area contributed by atoms with E-state index in [1.807, 2.05) is 0 Å². The van der Waals surface area contributed by atoms with Crippen LogP contribution in [0, 0.1) is 28.7 Å². The predicted molar refractivity (Wildman–Crippen MR) is 231 cm³/mol. The van der Waals surface area contributed by atoms with E-state index in [1.165, 1.54) is 60.7 Å². The van der Waals surface area contributed by atoms with Gasteiger partial charge in [-0.25, -0.2) is 39.2 Å². The lowest BCUT2D eigenvalue weighted by molar-refractivity contribution is -0.161. The molecule has 6 rings (SSSR count). The van der Waals surface area contributed by atoms with Crippen molar-refractivity contribution in [2.24, 2.45) is 5.41 Å². The average molecular weight is 966 g/mol. The molecule has 0 aliphatic heterocycles. The minimum Gasteiger partial charge on any atom is -0.493 e. The second-order valence-electron chi connectivity index (χ2n) is 15.0. The van der Waals surface area contributed by atoms with Crippen LogP contribution in [0.2, 0.25) is 10.0 Å². The van der Waals surface area contributed by atoms with Crippen molar-refractivity contribution in [3.05, 3.63) is 166 Å². The van der Waals surface area contributed by atoms with Crippen molar-refractivity contribution in [2.75, 3.05) is 20.8 Å². The molecule has 0 spiro atoms. The number of hydrogen-bond donors (Lipinski definition) is 0. The van der Waals surface area contributed by atoms with Crippen LogP contribution in [0.25, 0.3) is 0 Å². The number of halogens is 6. The van der Waals surface area contributed by atoms with Crippen molar-refractivity contribution in [1.29, 1.82) is 0 Å². The molecule has 0 saturated heterocycles. The summed E-state index contributed by atoms with van der Waals surface area (Å²) in [6, 6.07) is 15.7. The first-order valence-corrected chi connectivity index (χ1v) is 23.1. The summed E-state index contributed by atoms with van der Waals surface area (Å²) >= 11 is 11.8. The number of carbonyl (C=O) groups is 3. The van der Waals surface area contributed by atoms with E-state index in [2.05, 4.69) is 13.2 Å². The number of rotatable bonds is 13. The minimum atomic E-state index is -4.45. The van der Waals surface area contributed by atoms with Crippen LogP contribution >= 0.6 is 23.2 Å². The molecule has 0 radical (unpaired) electrons. The normalized spacial score (nSPS) is 21.2. The van der Waals surface area contributed by atoms with Crippen molar-refractivity contribution < 1.29 is 63.0 Å². The number of carbonyl (C=O) groups excluding carboxylic acids is 3. The molecule has 10 nitrogen and oxygen atoms in total. The Morgan fingerprint density at radius 2 is 1.19 bits per heavy atom. The summed E-state index contributed by atoms with van der Waals surface area (Å²) in [7, 11) is -6.56. The molecule has 2 aliphatic carbocycles. The van der Waals surface area contributed by atoms with E-state index in [4.69, 9.17) is 37.4 Å². The van der Waals surface area contributed by atoms with Gasteiger partial charge in [-0.1, -0.05) is 41.9 Å². The Hall–Kier alpha value is -5.29. The van der Waals surface area contributed by atoms with Crippen LogP contribution in [0.3, 0.4) is 0 Å². The lowest BCUT2D eigenvalue weighted by Crippen LogP contribution is -2.53. The highest BCUT2D eigenvalue weighted by Crippen LogP contribution is 2.55. The second kappa shape index (κ2) is 19.8. The van der Waals surface area contributed by atoms with E-state index in [0.717, 1.165) is 50.6 Å². The fraction of sp³-hybridized carbons (Fsp3) is 0.283. The van der Waals surface area contributed by atoms with Crippen molar-refractivity contribution >= 4 is 60.6 Å². The van der Waals surface area contributed by atoms with Crippen LogP contribution in [-0.4, -0.2) is 55.4 Å². The number of benzene rings is 4. The summed E-state index contributed by atoms with van der Waals surface area (Å²) < 4.78 is 125. The van der Waals surface area contributed by atoms with E-state index in [9.17, 15) is 44.4 Å². The summed E-state index contributed by atoms with van der Waals surface area (Å²) in [4.78, 5) is 38.0. The lowest BCUT2D eigenvalue weighted by Gasteiger charge is -2.44. The fourth-order valence-electron chi connectivity index (χ4n) is 8.27. The zero-order valence-electron chi connectivity index (χ0n) is 34.5. The molecule has 1 fully saturated rings. The third-order valence-electron chi connectivity index (χ3n) is 11.4.